The summed E-state index contributed by atoms with van der Waals surface area (Å²) in [6.45, 7) is 3.71. The molecule has 11 nitrogen and oxygen atoms in total. The highest BCUT2D eigenvalue weighted by Gasteiger charge is 2.35. The molecule has 2 unspecified atom stereocenters. The van der Waals surface area contributed by atoms with Gasteiger partial charge in [0.05, 0.1) is 6.04 Å². The number of nitrogens with one attached hydrogen (secondary N) is 2. The molecular weight excluding hydrogens is 458 g/mol. The molecule has 0 aliphatic heterocycles. The molecule has 3 atom stereocenters. The lowest BCUT2D eigenvalue weighted by molar-refractivity contribution is -0.327. The fraction of sp³-hybridized carbons (Fsp3) is 0.571. The van der Waals surface area contributed by atoms with Crippen molar-refractivity contribution in [1.29, 1.82) is 0 Å². The fourth-order valence-corrected chi connectivity index (χ4v) is 3.03. The zero-order valence-electron chi connectivity index (χ0n) is 18.6. The van der Waals surface area contributed by atoms with Crippen LogP contribution in [0.15, 0.2) is 24.3 Å². The monoisotopic (exact) mass is 491 g/mol. The number of carboxylic acids is 1. The van der Waals surface area contributed by atoms with Crippen molar-refractivity contribution >= 4 is 35.9 Å². The Hall–Kier alpha value is -2.28. The minimum atomic E-state index is -3.28. The Morgan fingerprint density at radius 3 is 2.21 bits per heavy atom. The largest absolute Gasteiger partial charge is 0.481 e. The van der Waals surface area contributed by atoms with E-state index in [1.807, 2.05) is 13.8 Å². The van der Waals surface area contributed by atoms with E-state index in [-0.39, 0.29) is 44.0 Å². The molecular formula is C21H34ClN3O8. The molecule has 2 amide bonds. The van der Waals surface area contributed by atoms with Gasteiger partial charge in [0.1, 0.15) is 12.1 Å². The van der Waals surface area contributed by atoms with Crippen molar-refractivity contribution in [3.63, 3.8) is 0 Å². The second-order valence-corrected chi connectivity index (χ2v) is 8.12. The van der Waals surface area contributed by atoms with E-state index in [1.54, 1.807) is 24.3 Å². The first-order valence-electron chi connectivity index (χ1n) is 10.3. The smallest absolute Gasteiger partial charge is 0.303 e. The van der Waals surface area contributed by atoms with Gasteiger partial charge in [0.25, 0.3) is 11.9 Å². The molecule has 0 aliphatic carbocycles. The maximum Gasteiger partial charge on any atom is 0.303 e. The first-order chi connectivity index (χ1) is 14.8. The molecule has 0 saturated heterocycles. The molecule has 0 radical (unpaired) electrons. The molecule has 0 fully saturated rings. The van der Waals surface area contributed by atoms with E-state index >= 15 is 0 Å². The molecule has 33 heavy (non-hydrogen) atoms. The third kappa shape index (κ3) is 11.4. The van der Waals surface area contributed by atoms with Crippen LogP contribution in [0.25, 0.3) is 0 Å². The zero-order chi connectivity index (χ0) is 24.5. The van der Waals surface area contributed by atoms with Crippen molar-refractivity contribution in [2.24, 2.45) is 11.7 Å². The summed E-state index contributed by atoms with van der Waals surface area (Å²) in [5.41, 5.74) is 6.66. The van der Waals surface area contributed by atoms with E-state index in [0.29, 0.717) is 17.7 Å². The Morgan fingerprint density at radius 2 is 1.67 bits per heavy atom. The maximum atomic E-state index is 12.3. The van der Waals surface area contributed by atoms with Gasteiger partial charge in [-0.1, -0.05) is 32.0 Å². The predicted octanol–water partition coefficient (Wildman–Crippen LogP) is -0.306. The minimum Gasteiger partial charge on any atom is -0.481 e. The number of benzene rings is 1. The maximum absolute atomic E-state index is 12.3. The summed E-state index contributed by atoms with van der Waals surface area (Å²) in [5, 5.41) is 52.4. The van der Waals surface area contributed by atoms with Crippen molar-refractivity contribution in [3.05, 3.63) is 29.8 Å². The van der Waals surface area contributed by atoms with E-state index in [4.69, 9.17) is 10.8 Å². The SMILES string of the molecule is CC(C)C[C@H](N)C(=O)NC(CCC(O)C(=O)Nc1ccccc1CCC(=O)O)C(O)(O)O.Cl. The predicted molar refractivity (Wildman–Crippen MR) is 122 cm³/mol. The van der Waals surface area contributed by atoms with Crippen LogP contribution in [0.2, 0.25) is 0 Å². The van der Waals surface area contributed by atoms with Crippen molar-refractivity contribution in [2.75, 3.05) is 5.32 Å². The molecule has 188 valence electrons. The van der Waals surface area contributed by atoms with Gasteiger partial charge in [0, 0.05) is 12.1 Å². The first kappa shape index (κ1) is 30.7. The van der Waals surface area contributed by atoms with Gasteiger partial charge in [-0.25, -0.2) is 0 Å². The lowest BCUT2D eigenvalue weighted by atomic mass is 10.0. The minimum absolute atomic E-state index is 0. The summed E-state index contributed by atoms with van der Waals surface area (Å²) >= 11 is 0. The molecule has 0 aromatic heterocycles. The summed E-state index contributed by atoms with van der Waals surface area (Å²) < 4.78 is 0. The molecule has 1 rings (SSSR count). The van der Waals surface area contributed by atoms with Crippen LogP contribution in [-0.4, -0.2) is 67.5 Å². The third-order valence-electron chi connectivity index (χ3n) is 4.76. The Balaban J connectivity index is 0.0000102. The van der Waals surface area contributed by atoms with Crippen LogP contribution in [0, 0.1) is 5.92 Å². The van der Waals surface area contributed by atoms with Crippen LogP contribution in [0.1, 0.15) is 45.1 Å². The molecule has 0 bridgehead atoms. The third-order valence-corrected chi connectivity index (χ3v) is 4.76. The highest BCUT2D eigenvalue weighted by Crippen LogP contribution is 2.18. The molecule has 0 heterocycles. The number of halogens is 1. The van der Waals surface area contributed by atoms with Crippen LogP contribution >= 0.6 is 12.4 Å². The van der Waals surface area contributed by atoms with Crippen molar-refractivity contribution in [1.82, 2.24) is 5.32 Å². The topological polar surface area (TPSA) is 202 Å². The van der Waals surface area contributed by atoms with Gasteiger partial charge in [0.2, 0.25) is 5.91 Å². The number of carbonyl (C=O) groups is 3. The second-order valence-electron chi connectivity index (χ2n) is 8.12. The van der Waals surface area contributed by atoms with Gasteiger partial charge in [-0.2, -0.15) is 0 Å². The normalized spacial score (nSPS) is 14.1. The number of anilines is 1. The molecule has 1 aromatic carbocycles. The highest BCUT2D eigenvalue weighted by molar-refractivity contribution is 5.94. The molecule has 1 aromatic rings. The van der Waals surface area contributed by atoms with Gasteiger partial charge in [-0.3, -0.25) is 14.4 Å². The summed E-state index contributed by atoms with van der Waals surface area (Å²) in [5.74, 6) is -5.69. The Kier molecular flexibility index (Phi) is 13.1. The number of hydrogen-bond donors (Lipinski definition) is 8. The number of aliphatic hydroxyl groups excluding tert-OH is 1. The van der Waals surface area contributed by atoms with Gasteiger partial charge in [-0.15, -0.1) is 12.4 Å². The second kappa shape index (κ2) is 14.1. The number of rotatable bonds is 13. The van der Waals surface area contributed by atoms with Gasteiger partial charge in [-0.05, 0) is 43.2 Å². The van der Waals surface area contributed by atoms with E-state index in [1.165, 1.54) is 0 Å². The summed E-state index contributed by atoms with van der Waals surface area (Å²) in [7, 11) is 0. The van der Waals surface area contributed by atoms with Crippen LogP contribution in [-0.2, 0) is 20.8 Å². The number of aliphatic hydroxyl groups is 4. The molecule has 0 spiro atoms. The molecule has 12 heteroatoms. The number of carboxylic acid groups (broad SMARTS) is 1. The summed E-state index contributed by atoms with van der Waals surface area (Å²) in [4.78, 5) is 35.3. The van der Waals surface area contributed by atoms with Gasteiger partial charge in [0.15, 0.2) is 0 Å². The van der Waals surface area contributed by atoms with Gasteiger partial charge >= 0.3 is 5.97 Å². The van der Waals surface area contributed by atoms with Crippen LogP contribution in [0.5, 0.6) is 0 Å². The number of hydrogen-bond acceptors (Lipinski definition) is 8. The van der Waals surface area contributed by atoms with E-state index in [0.717, 1.165) is 0 Å². The Morgan fingerprint density at radius 1 is 1.06 bits per heavy atom. The number of aliphatic carboxylic acids is 1. The first-order valence-corrected chi connectivity index (χ1v) is 10.3. The summed E-state index contributed by atoms with van der Waals surface area (Å²) in [6.07, 6.45) is -1.90. The zero-order valence-corrected chi connectivity index (χ0v) is 19.4. The Labute approximate surface area is 198 Å². The van der Waals surface area contributed by atoms with Crippen molar-refractivity contribution in [2.45, 2.75) is 70.1 Å². The number of nitrogens with two attached hydrogens (primary N) is 1. The van der Waals surface area contributed by atoms with Crippen LogP contribution in [0.4, 0.5) is 5.69 Å². The van der Waals surface area contributed by atoms with Crippen LogP contribution < -0.4 is 16.4 Å². The summed E-state index contributed by atoms with van der Waals surface area (Å²) in [6, 6.07) is 3.99. The van der Waals surface area contributed by atoms with Gasteiger partial charge < -0.3 is 41.9 Å². The van der Waals surface area contributed by atoms with E-state index in [2.05, 4.69) is 10.6 Å². The van der Waals surface area contributed by atoms with Crippen molar-refractivity contribution in [3.8, 4) is 0 Å². The average Bonchev–Trinajstić information content (AvgIpc) is 2.68. The van der Waals surface area contributed by atoms with E-state index in [9.17, 15) is 34.8 Å². The number of aryl methyl sites for hydroxylation is 1. The average molecular weight is 492 g/mol. The highest BCUT2D eigenvalue weighted by atomic mass is 35.5. The molecule has 0 aliphatic rings. The number of amides is 2. The number of carbonyl (C=O) groups excluding carboxylic acids is 2. The van der Waals surface area contributed by atoms with Crippen LogP contribution in [0.3, 0.4) is 0 Å². The lowest BCUT2D eigenvalue weighted by Crippen LogP contribution is -2.56. The van der Waals surface area contributed by atoms with Crippen molar-refractivity contribution < 1.29 is 39.9 Å². The molecule has 0 saturated carbocycles. The fourth-order valence-electron chi connectivity index (χ4n) is 3.03. The lowest BCUT2D eigenvalue weighted by Gasteiger charge is -2.28. The van der Waals surface area contributed by atoms with E-state index < -0.39 is 41.9 Å². The quantitative estimate of drug-likeness (QED) is 0.170. The number of para-hydroxylation sites is 1. The Bertz CT molecular complexity index is 785. The standard InChI is InChI=1S/C21H33N3O8.ClH/c1-12(2)11-14(22)19(28)24-17(21(30,31)32)9-8-16(25)20(29)23-15-6-4-3-5-13(15)7-10-18(26)27;/h3-6,12,14,16-17,25,30-32H,7-11,22H2,1-2H3,(H,23,29)(H,24,28)(H,26,27);1H/t14-,16?,17?;/m0./s1. The molecule has 9 N–H and O–H groups in total.